The number of hydrogen-bond donors (Lipinski definition) is 1. The summed E-state index contributed by atoms with van der Waals surface area (Å²) in [5, 5.41) is 10.8. The lowest BCUT2D eigenvalue weighted by Crippen LogP contribution is -2.03. The summed E-state index contributed by atoms with van der Waals surface area (Å²) in [5.74, 6) is 0.668. The molecule has 10 rings (SSSR count). The molecule has 10 aromatic rings. The van der Waals surface area contributed by atoms with E-state index in [1.54, 1.807) is 0 Å². The van der Waals surface area contributed by atoms with Gasteiger partial charge in [0.1, 0.15) is 0 Å². The molecule has 4 nitrogen and oxygen atoms in total. The molecule has 0 radical (unpaired) electrons. The molecular weight excluding hydrogens is 536 g/mol. The first kappa shape index (κ1) is 23.6. The second-order valence-corrected chi connectivity index (χ2v) is 11.5. The molecule has 0 fully saturated rings. The zero-order valence-electron chi connectivity index (χ0n) is 23.6. The van der Waals surface area contributed by atoms with E-state index < -0.39 is 0 Å². The lowest BCUT2D eigenvalue weighted by molar-refractivity contribution is 1.01. The smallest absolute Gasteiger partial charge is 0.235 e. The van der Waals surface area contributed by atoms with E-state index in [0.29, 0.717) is 5.95 Å². The fraction of sp³-hybridized carbons (Fsp3) is 0. The Kier molecular flexibility index (Phi) is 4.69. The van der Waals surface area contributed by atoms with E-state index in [2.05, 4.69) is 149 Å². The first-order valence-corrected chi connectivity index (χ1v) is 14.9. The van der Waals surface area contributed by atoms with Crippen molar-refractivity contribution in [1.29, 1.82) is 0 Å². The van der Waals surface area contributed by atoms with Gasteiger partial charge >= 0.3 is 0 Å². The van der Waals surface area contributed by atoms with Crippen molar-refractivity contribution in [3.63, 3.8) is 0 Å². The molecule has 0 saturated carbocycles. The molecule has 0 unspecified atom stereocenters. The van der Waals surface area contributed by atoms with Crippen molar-refractivity contribution in [2.45, 2.75) is 0 Å². The van der Waals surface area contributed by atoms with Crippen LogP contribution in [0.25, 0.3) is 93.3 Å². The third kappa shape index (κ3) is 3.22. The largest absolute Gasteiger partial charge is 0.354 e. The molecule has 1 N–H and O–H groups in total. The van der Waals surface area contributed by atoms with Gasteiger partial charge in [-0.15, -0.1) is 0 Å². The summed E-state index contributed by atoms with van der Waals surface area (Å²) in [6.45, 7) is 0. The maximum Gasteiger partial charge on any atom is 0.235 e. The topological polar surface area (TPSA) is 46.5 Å². The molecule has 3 aromatic heterocycles. The molecule has 0 aliphatic heterocycles. The van der Waals surface area contributed by atoms with E-state index in [0.717, 1.165) is 44.2 Å². The zero-order chi connectivity index (χ0) is 28.8. The number of benzene rings is 7. The highest BCUT2D eigenvalue weighted by molar-refractivity contribution is 6.28. The summed E-state index contributed by atoms with van der Waals surface area (Å²) in [5.41, 5.74) is 7.33. The fourth-order valence-electron chi connectivity index (χ4n) is 7.15. The molecule has 204 valence electrons. The van der Waals surface area contributed by atoms with Crippen molar-refractivity contribution in [2.75, 3.05) is 0 Å². The van der Waals surface area contributed by atoms with Gasteiger partial charge in [-0.2, -0.15) is 0 Å². The maximum absolute atomic E-state index is 5.37. The van der Waals surface area contributed by atoms with Gasteiger partial charge in [0.25, 0.3) is 0 Å². The predicted octanol–water partition coefficient (Wildman–Crippen LogP) is 10.3. The number of rotatable bonds is 2. The molecule has 0 spiro atoms. The van der Waals surface area contributed by atoms with Crippen LogP contribution in [0.2, 0.25) is 0 Å². The molecule has 44 heavy (non-hydrogen) atoms. The third-order valence-corrected chi connectivity index (χ3v) is 9.12. The van der Waals surface area contributed by atoms with Crippen LogP contribution in [0.1, 0.15) is 0 Å². The van der Waals surface area contributed by atoms with Crippen molar-refractivity contribution in [3.05, 3.63) is 140 Å². The van der Waals surface area contributed by atoms with Crippen LogP contribution in [0.3, 0.4) is 0 Å². The highest BCUT2D eigenvalue weighted by Gasteiger charge is 2.20. The minimum Gasteiger partial charge on any atom is -0.354 e. The monoisotopic (exact) mass is 560 g/mol. The summed E-state index contributed by atoms with van der Waals surface area (Å²) >= 11 is 0. The van der Waals surface area contributed by atoms with Gasteiger partial charge in [-0.3, -0.25) is 4.57 Å². The minimum absolute atomic E-state index is 0.668. The van der Waals surface area contributed by atoms with Crippen molar-refractivity contribution >= 4 is 76.1 Å². The third-order valence-electron chi connectivity index (χ3n) is 9.12. The number of aromatic nitrogens is 4. The summed E-state index contributed by atoms with van der Waals surface area (Å²) in [6.07, 6.45) is 0. The molecule has 0 bridgehead atoms. The molecule has 0 amide bonds. The van der Waals surface area contributed by atoms with Crippen molar-refractivity contribution in [2.24, 2.45) is 0 Å². The van der Waals surface area contributed by atoms with Crippen molar-refractivity contribution in [1.82, 2.24) is 19.5 Å². The van der Waals surface area contributed by atoms with Crippen LogP contribution in [0.5, 0.6) is 0 Å². The Morgan fingerprint density at radius 2 is 1.05 bits per heavy atom. The number of H-pyrrole nitrogens is 1. The Balaban J connectivity index is 1.32. The fourth-order valence-corrected chi connectivity index (χ4v) is 7.15. The van der Waals surface area contributed by atoms with Gasteiger partial charge in [0.2, 0.25) is 5.95 Å². The number of fused-ring (bicyclic) bond motifs is 11. The predicted molar refractivity (Wildman–Crippen MR) is 184 cm³/mol. The minimum atomic E-state index is 0.668. The van der Waals surface area contributed by atoms with Gasteiger partial charge < -0.3 is 4.98 Å². The normalized spacial score (nSPS) is 12.1. The van der Waals surface area contributed by atoms with Gasteiger partial charge in [-0.1, -0.05) is 109 Å². The SMILES string of the molecule is c1ccc2c(c1)ccc1c2c2c3ccccc3ccc2n1-c1nc(-c2ccc3c(c2)[nH]c2ccccc23)c2ccccc2n1. The summed E-state index contributed by atoms with van der Waals surface area (Å²) in [4.78, 5) is 14.2. The van der Waals surface area contributed by atoms with Crippen LogP contribution in [-0.4, -0.2) is 19.5 Å². The number of nitrogens with zero attached hydrogens (tertiary/aromatic N) is 3. The van der Waals surface area contributed by atoms with Crippen molar-refractivity contribution in [3.8, 4) is 17.2 Å². The number of hydrogen-bond acceptors (Lipinski definition) is 2. The molecule has 0 aliphatic carbocycles. The molecule has 7 aromatic carbocycles. The summed E-state index contributed by atoms with van der Waals surface area (Å²) < 4.78 is 2.25. The molecule has 3 heterocycles. The molecule has 0 aliphatic rings. The Labute approximate surface area is 251 Å². The second-order valence-electron chi connectivity index (χ2n) is 11.5. The van der Waals surface area contributed by atoms with E-state index in [4.69, 9.17) is 9.97 Å². The number of nitrogens with one attached hydrogen (secondary N) is 1. The van der Waals surface area contributed by atoms with Gasteiger partial charge in [0.05, 0.1) is 22.2 Å². The first-order chi connectivity index (χ1) is 21.8. The van der Waals surface area contributed by atoms with Gasteiger partial charge in [0.15, 0.2) is 0 Å². The van der Waals surface area contributed by atoms with Crippen LogP contribution in [0.15, 0.2) is 140 Å². The standard InChI is InChI=1S/C40H24N4/c1-3-11-27-24(9-1)18-21-35-37(27)38-28-12-4-2-10-25(28)19-22-36(38)44(35)40-42-33-16-8-6-14-31(33)39(43-40)26-17-20-30-29-13-5-7-15-32(29)41-34(30)23-26/h1-23,41H. The highest BCUT2D eigenvalue weighted by atomic mass is 15.2. The van der Waals surface area contributed by atoms with Crippen LogP contribution >= 0.6 is 0 Å². The van der Waals surface area contributed by atoms with E-state index in [1.165, 1.54) is 43.1 Å². The average Bonchev–Trinajstić information content (AvgIpc) is 3.63. The van der Waals surface area contributed by atoms with E-state index >= 15 is 0 Å². The first-order valence-electron chi connectivity index (χ1n) is 14.9. The molecular formula is C40H24N4. The van der Waals surface area contributed by atoms with Crippen LogP contribution in [0.4, 0.5) is 0 Å². The Hall–Kier alpha value is -6.00. The van der Waals surface area contributed by atoms with Gasteiger partial charge in [-0.25, -0.2) is 9.97 Å². The van der Waals surface area contributed by atoms with E-state index in [9.17, 15) is 0 Å². The summed E-state index contributed by atoms with van der Waals surface area (Å²) in [7, 11) is 0. The Morgan fingerprint density at radius 1 is 0.455 bits per heavy atom. The lowest BCUT2D eigenvalue weighted by atomic mass is 10.00. The molecule has 0 atom stereocenters. The quantitative estimate of drug-likeness (QED) is 0.229. The average molecular weight is 561 g/mol. The number of para-hydroxylation sites is 2. The van der Waals surface area contributed by atoms with Gasteiger partial charge in [0, 0.05) is 43.5 Å². The zero-order valence-corrected chi connectivity index (χ0v) is 23.6. The maximum atomic E-state index is 5.37. The molecule has 4 heteroatoms. The van der Waals surface area contributed by atoms with Crippen LogP contribution < -0.4 is 0 Å². The van der Waals surface area contributed by atoms with E-state index in [-0.39, 0.29) is 0 Å². The van der Waals surface area contributed by atoms with E-state index in [1.807, 2.05) is 0 Å². The highest BCUT2D eigenvalue weighted by Crippen LogP contribution is 2.41. The summed E-state index contributed by atoms with van der Waals surface area (Å²) in [6, 6.07) is 49.6. The van der Waals surface area contributed by atoms with Crippen LogP contribution in [-0.2, 0) is 0 Å². The van der Waals surface area contributed by atoms with Gasteiger partial charge in [-0.05, 0) is 51.9 Å². The molecule has 0 saturated heterocycles. The number of aromatic amines is 1. The Morgan fingerprint density at radius 3 is 1.77 bits per heavy atom. The second kappa shape index (κ2) is 8.76. The Bertz CT molecular complexity index is 2690. The lowest BCUT2D eigenvalue weighted by Gasteiger charge is -2.12. The van der Waals surface area contributed by atoms with Crippen LogP contribution in [0, 0.1) is 0 Å². The van der Waals surface area contributed by atoms with Crippen molar-refractivity contribution < 1.29 is 0 Å².